The van der Waals surface area contributed by atoms with Gasteiger partial charge in [-0.15, -0.1) is 17.9 Å². The molecular formula is C14H12N2O3S2. The fourth-order valence-corrected chi connectivity index (χ4v) is 3.37. The Hall–Kier alpha value is -2.12. The molecule has 1 aromatic heterocycles. The minimum atomic E-state index is -1.16. The summed E-state index contributed by atoms with van der Waals surface area (Å²) >= 11 is 3.14. The van der Waals surface area contributed by atoms with Gasteiger partial charge in [0.1, 0.15) is 0 Å². The van der Waals surface area contributed by atoms with Crippen molar-refractivity contribution in [2.75, 3.05) is 11.1 Å². The van der Waals surface area contributed by atoms with Crippen molar-refractivity contribution in [3.8, 4) is 0 Å². The summed E-state index contributed by atoms with van der Waals surface area (Å²) in [7, 11) is 0. The highest BCUT2D eigenvalue weighted by molar-refractivity contribution is 8.01. The Morgan fingerprint density at radius 3 is 2.95 bits per heavy atom. The summed E-state index contributed by atoms with van der Waals surface area (Å²) in [5.41, 5.74) is 1.47. The first-order valence-corrected chi connectivity index (χ1v) is 7.75. The second kappa shape index (κ2) is 7.05. The number of thioether (sulfide) groups is 1. The van der Waals surface area contributed by atoms with Crippen molar-refractivity contribution in [3.05, 3.63) is 43.0 Å². The van der Waals surface area contributed by atoms with Crippen molar-refractivity contribution in [3.63, 3.8) is 0 Å². The lowest BCUT2D eigenvalue weighted by Crippen LogP contribution is -2.08. The molecule has 0 bridgehead atoms. The zero-order valence-corrected chi connectivity index (χ0v) is 12.5. The Balaban J connectivity index is 2.12. The van der Waals surface area contributed by atoms with Crippen LogP contribution in [0.3, 0.4) is 0 Å². The maximum Gasteiger partial charge on any atom is 0.328 e. The first-order chi connectivity index (χ1) is 10.1. The van der Waals surface area contributed by atoms with E-state index < -0.39 is 11.9 Å². The number of nitrogens with one attached hydrogen (secondary N) is 1. The molecule has 0 saturated heterocycles. The van der Waals surface area contributed by atoms with Gasteiger partial charge in [0.15, 0.2) is 4.34 Å². The fraction of sp³-hybridized carbons (Fsp3) is 0.0714. The lowest BCUT2D eigenvalue weighted by Gasteiger charge is -2.00. The molecule has 0 fully saturated rings. The molecule has 2 aromatic rings. The predicted molar refractivity (Wildman–Crippen MR) is 85.9 cm³/mol. The number of rotatable bonds is 6. The van der Waals surface area contributed by atoms with E-state index in [1.165, 1.54) is 11.3 Å². The number of amides is 1. The number of carboxylic acids is 1. The van der Waals surface area contributed by atoms with E-state index in [4.69, 9.17) is 5.11 Å². The van der Waals surface area contributed by atoms with Gasteiger partial charge in [-0.1, -0.05) is 17.8 Å². The van der Waals surface area contributed by atoms with E-state index >= 15 is 0 Å². The molecule has 108 valence electrons. The van der Waals surface area contributed by atoms with Crippen LogP contribution >= 0.6 is 23.1 Å². The van der Waals surface area contributed by atoms with E-state index in [0.29, 0.717) is 5.69 Å². The predicted octanol–water partition coefficient (Wildman–Crippen LogP) is 3.15. The second-order valence-corrected chi connectivity index (χ2v) is 6.22. The van der Waals surface area contributed by atoms with Crippen molar-refractivity contribution in [2.24, 2.45) is 0 Å². The van der Waals surface area contributed by atoms with Crippen molar-refractivity contribution >= 4 is 50.9 Å². The first-order valence-electron chi connectivity index (χ1n) is 5.95. The van der Waals surface area contributed by atoms with Crippen LogP contribution in [-0.4, -0.2) is 27.7 Å². The van der Waals surface area contributed by atoms with E-state index in [2.05, 4.69) is 16.9 Å². The quantitative estimate of drug-likeness (QED) is 0.485. The Morgan fingerprint density at radius 1 is 1.43 bits per heavy atom. The Morgan fingerprint density at radius 2 is 2.24 bits per heavy atom. The van der Waals surface area contributed by atoms with Gasteiger partial charge in [-0.3, -0.25) is 4.79 Å². The number of carbonyl (C=O) groups excluding carboxylic acids is 1. The molecule has 2 rings (SSSR count). The third-order valence-corrected chi connectivity index (χ3v) is 4.50. The first kappa shape index (κ1) is 15.3. The van der Waals surface area contributed by atoms with E-state index in [-0.39, 0.29) is 0 Å². The van der Waals surface area contributed by atoms with E-state index in [9.17, 15) is 9.59 Å². The molecule has 7 heteroatoms. The lowest BCUT2D eigenvalue weighted by atomic mass is 10.3. The number of fused-ring (bicyclic) bond motifs is 1. The highest BCUT2D eigenvalue weighted by atomic mass is 32.2. The average Bonchev–Trinajstić information content (AvgIpc) is 2.85. The number of aliphatic carboxylic acids is 1. The lowest BCUT2D eigenvalue weighted by molar-refractivity contribution is -0.131. The van der Waals surface area contributed by atoms with Crippen LogP contribution < -0.4 is 5.32 Å². The van der Waals surface area contributed by atoms with E-state index in [0.717, 1.165) is 32.5 Å². The van der Waals surface area contributed by atoms with Gasteiger partial charge in [0.2, 0.25) is 5.91 Å². The van der Waals surface area contributed by atoms with Crippen LogP contribution in [-0.2, 0) is 9.59 Å². The molecule has 1 heterocycles. The summed E-state index contributed by atoms with van der Waals surface area (Å²) in [4.78, 5) is 26.3. The number of benzene rings is 1. The van der Waals surface area contributed by atoms with Crippen LogP contribution in [0.1, 0.15) is 0 Å². The minimum absolute atomic E-state index is 0.484. The third kappa shape index (κ3) is 4.44. The number of nitrogens with zero attached hydrogens (tertiary/aromatic N) is 1. The Labute approximate surface area is 129 Å². The van der Waals surface area contributed by atoms with Crippen LogP contribution in [0.15, 0.2) is 47.3 Å². The smallest absolute Gasteiger partial charge is 0.328 e. The van der Waals surface area contributed by atoms with Crippen molar-refractivity contribution in [1.29, 1.82) is 0 Å². The van der Waals surface area contributed by atoms with Crippen LogP contribution in [0.25, 0.3) is 10.2 Å². The topological polar surface area (TPSA) is 79.3 Å². The molecule has 0 aliphatic heterocycles. The maximum absolute atomic E-state index is 11.5. The van der Waals surface area contributed by atoms with Crippen LogP contribution in [0.5, 0.6) is 0 Å². The van der Waals surface area contributed by atoms with Crippen molar-refractivity contribution in [2.45, 2.75) is 4.34 Å². The number of anilines is 1. The highest BCUT2D eigenvalue weighted by Crippen LogP contribution is 2.31. The van der Waals surface area contributed by atoms with Gasteiger partial charge in [-0.2, -0.15) is 0 Å². The molecule has 0 atom stereocenters. The summed E-state index contributed by atoms with van der Waals surface area (Å²) in [6, 6.07) is 5.37. The number of carboxylic acid groups (broad SMARTS) is 1. The highest BCUT2D eigenvalue weighted by Gasteiger charge is 2.06. The SMILES string of the molecule is C=CCSc1nc2ccc(NC(=O)C=CC(=O)O)cc2s1. The molecular weight excluding hydrogens is 308 g/mol. The van der Waals surface area contributed by atoms with E-state index in [1.807, 2.05) is 18.2 Å². The minimum Gasteiger partial charge on any atom is -0.478 e. The molecule has 1 aromatic carbocycles. The number of thiazole rings is 1. The summed E-state index contributed by atoms with van der Waals surface area (Å²) in [6.45, 7) is 3.67. The fourth-order valence-electron chi connectivity index (χ4n) is 1.50. The summed E-state index contributed by atoms with van der Waals surface area (Å²) < 4.78 is 1.90. The molecule has 5 nitrogen and oxygen atoms in total. The van der Waals surface area contributed by atoms with Gasteiger partial charge in [0.25, 0.3) is 0 Å². The third-order valence-electron chi connectivity index (χ3n) is 2.34. The zero-order valence-electron chi connectivity index (χ0n) is 10.9. The zero-order chi connectivity index (χ0) is 15.2. The Kier molecular flexibility index (Phi) is 5.13. The van der Waals surface area contributed by atoms with Gasteiger partial charge in [-0.25, -0.2) is 9.78 Å². The molecule has 0 unspecified atom stereocenters. The molecule has 2 N–H and O–H groups in total. The number of aromatic nitrogens is 1. The maximum atomic E-state index is 11.5. The number of hydrogen-bond donors (Lipinski definition) is 2. The molecule has 0 aliphatic carbocycles. The monoisotopic (exact) mass is 320 g/mol. The van der Waals surface area contributed by atoms with Crippen LogP contribution in [0.4, 0.5) is 5.69 Å². The van der Waals surface area contributed by atoms with Gasteiger partial charge in [-0.05, 0) is 18.2 Å². The summed E-state index contributed by atoms with van der Waals surface area (Å²) in [5.74, 6) is -0.849. The number of carbonyl (C=O) groups is 2. The molecule has 21 heavy (non-hydrogen) atoms. The van der Waals surface area contributed by atoms with Crippen LogP contribution in [0.2, 0.25) is 0 Å². The molecule has 0 aliphatic rings. The van der Waals surface area contributed by atoms with E-state index in [1.54, 1.807) is 17.8 Å². The second-order valence-electron chi connectivity index (χ2n) is 3.92. The molecule has 0 radical (unpaired) electrons. The summed E-state index contributed by atoms with van der Waals surface area (Å²) in [5, 5.41) is 11.1. The molecule has 1 amide bonds. The van der Waals surface area contributed by atoms with Gasteiger partial charge in [0.05, 0.1) is 10.2 Å². The molecule has 0 spiro atoms. The van der Waals surface area contributed by atoms with Crippen molar-refractivity contribution < 1.29 is 14.7 Å². The average molecular weight is 320 g/mol. The largest absolute Gasteiger partial charge is 0.478 e. The number of hydrogen-bond acceptors (Lipinski definition) is 5. The van der Waals surface area contributed by atoms with Gasteiger partial charge < -0.3 is 10.4 Å². The normalized spacial score (nSPS) is 10.9. The van der Waals surface area contributed by atoms with Gasteiger partial charge in [0, 0.05) is 23.6 Å². The standard InChI is InChI=1S/C14H12N2O3S2/c1-2-7-20-14-16-10-4-3-9(8-11(10)21-14)15-12(17)5-6-13(18)19/h2-6,8H,1,7H2,(H,15,17)(H,18,19). The molecule has 0 saturated carbocycles. The van der Waals surface area contributed by atoms with Crippen LogP contribution in [0, 0.1) is 0 Å². The van der Waals surface area contributed by atoms with Gasteiger partial charge >= 0.3 is 5.97 Å². The summed E-state index contributed by atoms with van der Waals surface area (Å²) in [6.07, 6.45) is 3.59. The Bertz CT molecular complexity index is 722. The van der Waals surface area contributed by atoms with Crippen molar-refractivity contribution in [1.82, 2.24) is 4.98 Å².